The molecule has 1 fully saturated rings. The Morgan fingerprint density at radius 2 is 1.84 bits per heavy atom. The number of rotatable bonds is 2. The van der Waals surface area contributed by atoms with Crippen LogP contribution in [0, 0.1) is 0 Å². The van der Waals surface area contributed by atoms with Gasteiger partial charge in [0.05, 0.1) is 11.1 Å². The zero-order valence-electron chi connectivity index (χ0n) is 18.2. The number of ether oxygens (including phenoxy) is 2. The third-order valence-corrected chi connectivity index (χ3v) is 3.38. The number of alkyl carbamates (subject to hydrolysis) is 1. The fraction of sp³-hybridized carbons (Fsp3) is 0.550. The molecule has 2 amide bonds. The van der Waals surface area contributed by atoms with E-state index in [0.29, 0.717) is 0 Å². The number of isocyanates is 1. The quantitative estimate of drug-likeness (QED) is 0.548. The maximum absolute atomic E-state index is 12.7. The molecule has 0 saturated carbocycles. The van der Waals surface area contributed by atoms with Gasteiger partial charge in [0.25, 0.3) is 12.2 Å². The second-order valence-corrected chi connectivity index (χ2v) is 8.60. The summed E-state index contributed by atoms with van der Waals surface area (Å²) in [7, 11) is 0. The summed E-state index contributed by atoms with van der Waals surface area (Å²) in [5.41, 5.74) is -1.69. The molecule has 0 bridgehead atoms. The Balaban J connectivity index is 0.000000592. The number of carbonyl (C=O) groups excluding carboxylic acids is 3. The van der Waals surface area contributed by atoms with E-state index in [9.17, 15) is 27.6 Å². The number of nitrogens with one attached hydrogen (secondary N) is 1. The van der Waals surface area contributed by atoms with Gasteiger partial charge in [0, 0.05) is 11.2 Å². The van der Waals surface area contributed by atoms with Gasteiger partial charge < -0.3 is 14.8 Å². The number of hydrogen-bond donors (Lipinski definition) is 1. The zero-order valence-corrected chi connectivity index (χ0v) is 18.2. The normalized spacial score (nSPS) is 16.7. The Kier molecular flexibility index (Phi) is 8.37. The molecule has 1 aromatic carbocycles. The predicted molar refractivity (Wildman–Crippen MR) is 106 cm³/mol. The van der Waals surface area contributed by atoms with Gasteiger partial charge in [-0.05, 0) is 59.7 Å². The number of carbonyl (C=O) groups is 2. The van der Waals surface area contributed by atoms with Crippen LogP contribution in [0.3, 0.4) is 0 Å². The van der Waals surface area contributed by atoms with Crippen molar-refractivity contribution in [3.63, 3.8) is 0 Å². The fourth-order valence-corrected chi connectivity index (χ4v) is 2.11. The number of aliphatic imine (C=N–C) groups is 1. The molecule has 8 nitrogen and oxygen atoms in total. The topological polar surface area (TPSA) is 97.3 Å². The molecular weight excluding hydrogens is 419 g/mol. The van der Waals surface area contributed by atoms with E-state index >= 15 is 0 Å². The minimum Gasteiger partial charge on any atom is -0.410 e. The lowest BCUT2D eigenvalue weighted by Crippen LogP contribution is -2.43. The van der Waals surface area contributed by atoms with E-state index in [1.165, 1.54) is 18.2 Å². The Morgan fingerprint density at radius 1 is 1.23 bits per heavy atom. The molecule has 0 aliphatic carbocycles. The van der Waals surface area contributed by atoms with Crippen molar-refractivity contribution in [2.24, 2.45) is 4.99 Å². The van der Waals surface area contributed by atoms with Gasteiger partial charge in [-0.3, -0.25) is 9.69 Å². The minimum atomic E-state index is -4.53. The Hall–Kier alpha value is -2.91. The van der Waals surface area contributed by atoms with Crippen LogP contribution < -0.4 is 10.2 Å². The van der Waals surface area contributed by atoms with Crippen LogP contribution in [0.5, 0.6) is 0 Å². The summed E-state index contributed by atoms with van der Waals surface area (Å²) < 4.78 is 48.2. The number of hydrogen-bond acceptors (Lipinski definition) is 6. The smallest absolute Gasteiger partial charge is 0.410 e. The Labute approximate surface area is 178 Å². The molecule has 1 unspecified atom stereocenters. The largest absolute Gasteiger partial charge is 0.416 e. The third-order valence-electron chi connectivity index (χ3n) is 3.38. The molecule has 1 heterocycles. The van der Waals surface area contributed by atoms with Gasteiger partial charge in [0.15, 0.2) is 0 Å². The summed E-state index contributed by atoms with van der Waals surface area (Å²) in [4.78, 5) is 37.8. The van der Waals surface area contributed by atoms with Crippen LogP contribution in [0.4, 0.5) is 23.7 Å². The van der Waals surface area contributed by atoms with E-state index in [4.69, 9.17) is 9.47 Å². The lowest BCUT2D eigenvalue weighted by Gasteiger charge is -2.21. The Morgan fingerprint density at radius 3 is 2.29 bits per heavy atom. The van der Waals surface area contributed by atoms with Crippen molar-refractivity contribution in [3.05, 3.63) is 29.8 Å². The third kappa shape index (κ3) is 9.18. The molecule has 0 aromatic heterocycles. The zero-order chi connectivity index (χ0) is 24.0. The van der Waals surface area contributed by atoms with Crippen LogP contribution in [-0.4, -0.2) is 42.2 Å². The predicted octanol–water partition coefficient (Wildman–Crippen LogP) is 4.00. The highest BCUT2D eigenvalue weighted by molar-refractivity contribution is 5.98. The molecule has 1 aliphatic heterocycles. The highest BCUT2D eigenvalue weighted by atomic mass is 19.4. The van der Waals surface area contributed by atoms with E-state index in [-0.39, 0.29) is 18.0 Å². The SMILES string of the molecule is CC(C)(C)N=C=O.CC(C)(C)NC(=O)OC1OCN(c2cccc(C(F)(F)F)c2)C1=O. The average molecular weight is 445 g/mol. The van der Waals surface area contributed by atoms with Gasteiger partial charge >= 0.3 is 12.3 Å². The molecule has 1 aliphatic rings. The maximum atomic E-state index is 12.7. The summed E-state index contributed by atoms with van der Waals surface area (Å²) >= 11 is 0. The molecule has 1 aromatic rings. The standard InChI is InChI=1S/C15H17F3N2O4.C5H9NO/c1-14(2,3)19-13(22)24-12-11(21)20(8-23-12)10-6-4-5-9(7-10)15(16,17)18;1-5(2,3)6-4-7/h4-7,12H,8H2,1-3H3,(H,19,22);1-3H3. The van der Waals surface area contributed by atoms with E-state index in [1.54, 1.807) is 20.8 Å². The second-order valence-electron chi connectivity index (χ2n) is 8.60. The number of nitrogens with zero attached hydrogens (tertiary/aromatic N) is 2. The van der Waals surface area contributed by atoms with Gasteiger partial charge in [0.1, 0.15) is 6.73 Å². The fourth-order valence-electron chi connectivity index (χ4n) is 2.11. The molecule has 172 valence electrons. The first-order chi connectivity index (χ1) is 14.0. The summed E-state index contributed by atoms with van der Waals surface area (Å²) in [6, 6.07) is 4.26. The highest BCUT2D eigenvalue weighted by Crippen LogP contribution is 2.32. The molecule has 2 rings (SSSR count). The number of amides is 2. The molecule has 0 radical (unpaired) electrons. The van der Waals surface area contributed by atoms with Crippen molar-refractivity contribution < 1.29 is 37.0 Å². The lowest BCUT2D eigenvalue weighted by molar-refractivity contribution is -0.140. The number of benzene rings is 1. The van der Waals surface area contributed by atoms with Crippen LogP contribution in [0.25, 0.3) is 0 Å². The monoisotopic (exact) mass is 445 g/mol. The van der Waals surface area contributed by atoms with Gasteiger partial charge in [-0.15, -0.1) is 0 Å². The lowest BCUT2D eigenvalue weighted by atomic mass is 10.1. The maximum Gasteiger partial charge on any atom is 0.416 e. The van der Waals surface area contributed by atoms with Crippen LogP contribution in [0.2, 0.25) is 0 Å². The second kappa shape index (κ2) is 9.93. The van der Waals surface area contributed by atoms with Crippen molar-refractivity contribution >= 4 is 23.8 Å². The number of halogens is 3. The van der Waals surface area contributed by atoms with Gasteiger partial charge in [0.2, 0.25) is 6.08 Å². The molecular formula is C20H26F3N3O5. The summed E-state index contributed by atoms with van der Waals surface area (Å²) in [5, 5.41) is 2.49. The van der Waals surface area contributed by atoms with Crippen LogP contribution in [0.15, 0.2) is 29.3 Å². The van der Waals surface area contributed by atoms with Crippen molar-refractivity contribution in [1.82, 2.24) is 5.32 Å². The van der Waals surface area contributed by atoms with E-state index in [1.807, 2.05) is 20.8 Å². The molecule has 1 saturated heterocycles. The van der Waals surface area contributed by atoms with Crippen molar-refractivity contribution in [2.75, 3.05) is 11.6 Å². The Bertz CT molecular complexity index is 838. The molecule has 0 spiro atoms. The van der Waals surface area contributed by atoms with E-state index in [0.717, 1.165) is 17.0 Å². The van der Waals surface area contributed by atoms with E-state index in [2.05, 4.69) is 10.3 Å². The first-order valence-electron chi connectivity index (χ1n) is 9.21. The van der Waals surface area contributed by atoms with Crippen LogP contribution >= 0.6 is 0 Å². The molecule has 11 heteroatoms. The van der Waals surface area contributed by atoms with Crippen LogP contribution in [0.1, 0.15) is 47.1 Å². The van der Waals surface area contributed by atoms with Gasteiger partial charge in [-0.1, -0.05) is 6.07 Å². The van der Waals surface area contributed by atoms with Crippen LogP contribution in [-0.2, 0) is 25.2 Å². The van der Waals surface area contributed by atoms with Gasteiger partial charge in [-0.2, -0.15) is 13.2 Å². The highest BCUT2D eigenvalue weighted by Gasteiger charge is 2.38. The number of alkyl halides is 3. The van der Waals surface area contributed by atoms with E-state index < -0.39 is 35.6 Å². The number of anilines is 1. The first kappa shape index (κ1) is 26.1. The summed E-state index contributed by atoms with van der Waals surface area (Å²) in [6.07, 6.45) is -5.40. The first-order valence-corrected chi connectivity index (χ1v) is 9.21. The molecule has 1 N–H and O–H groups in total. The van der Waals surface area contributed by atoms with Crippen molar-refractivity contribution in [1.29, 1.82) is 0 Å². The summed E-state index contributed by atoms with van der Waals surface area (Å²) in [6.45, 7) is 10.4. The summed E-state index contributed by atoms with van der Waals surface area (Å²) in [5.74, 6) is -0.751. The van der Waals surface area contributed by atoms with Crippen molar-refractivity contribution in [3.8, 4) is 0 Å². The average Bonchev–Trinajstić information content (AvgIpc) is 2.92. The molecule has 31 heavy (non-hydrogen) atoms. The minimum absolute atomic E-state index is 0.0113. The van der Waals surface area contributed by atoms with Gasteiger partial charge in [-0.25, -0.2) is 14.6 Å². The van der Waals surface area contributed by atoms with Crippen molar-refractivity contribution in [2.45, 2.75) is 65.1 Å². The molecule has 1 atom stereocenters.